The second kappa shape index (κ2) is 7.74. The van der Waals surface area contributed by atoms with E-state index in [1.807, 2.05) is 17.9 Å². The Bertz CT molecular complexity index is 1220. The van der Waals surface area contributed by atoms with Gasteiger partial charge < -0.3 is 18.8 Å². The van der Waals surface area contributed by atoms with Gasteiger partial charge in [0.05, 0.1) is 0 Å². The molecule has 0 atom stereocenters. The van der Waals surface area contributed by atoms with E-state index in [2.05, 4.69) is 17.9 Å². The minimum Gasteiger partial charge on any atom is -0.454 e. The van der Waals surface area contributed by atoms with Gasteiger partial charge in [0.2, 0.25) is 6.79 Å². The van der Waals surface area contributed by atoms with E-state index in [0.717, 1.165) is 29.6 Å². The molecule has 1 saturated heterocycles. The Hall–Kier alpha value is -3.32. The Balaban J connectivity index is 1.29. The van der Waals surface area contributed by atoms with Crippen LogP contribution < -0.4 is 15.1 Å². The highest BCUT2D eigenvalue weighted by atomic mass is 16.7. The van der Waals surface area contributed by atoms with Crippen LogP contribution in [0.1, 0.15) is 27.0 Å². The molecule has 0 N–H and O–H groups in total. The second-order valence-electron chi connectivity index (χ2n) is 8.16. The minimum absolute atomic E-state index is 0.00476. The first-order chi connectivity index (χ1) is 15.0. The number of piperazine rings is 1. The number of rotatable bonds is 3. The fourth-order valence-electron chi connectivity index (χ4n) is 4.18. The van der Waals surface area contributed by atoms with Gasteiger partial charge in [0, 0.05) is 49.7 Å². The number of aryl methyl sites for hydroxylation is 2. The molecule has 31 heavy (non-hydrogen) atoms. The Morgan fingerprint density at radius 3 is 2.48 bits per heavy atom. The van der Waals surface area contributed by atoms with Gasteiger partial charge in [-0.3, -0.25) is 9.69 Å². The van der Waals surface area contributed by atoms with Crippen molar-refractivity contribution >= 4 is 16.9 Å². The fourth-order valence-corrected chi connectivity index (χ4v) is 4.18. The zero-order chi connectivity index (χ0) is 21.5. The highest BCUT2D eigenvalue weighted by molar-refractivity contribution is 5.95. The monoisotopic (exact) mass is 420 g/mol. The Labute approximate surface area is 179 Å². The molecule has 1 fully saturated rings. The molecule has 1 amide bonds. The van der Waals surface area contributed by atoms with Crippen LogP contribution >= 0.6 is 0 Å². The van der Waals surface area contributed by atoms with Crippen LogP contribution in [0.3, 0.4) is 0 Å². The van der Waals surface area contributed by atoms with E-state index in [-0.39, 0.29) is 18.3 Å². The summed E-state index contributed by atoms with van der Waals surface area (Å²) < 4.78 is 16.1. The maximum Gasteiger partial charge on any atom is 0.336 e. The summed E-state index contributed by atoms with van der Waals surface area (Å²) in [5.41, 5.74) is 4.13. The van der Waals surface area contributed by atoms with Gasteiger partial charge in [0.1, 0.15) is 5.58 Å². The van der Waals surface area contributed by atoms with E-state index in [0.29, 0.717) is 42.3 Å². The lowest BCUT2D eigenvalue weighted by atomic mass is 10.0. The molecule has 2 aromatic carbocycles. The molecule has 0 spiro atoms. The minimum atomic E-state index is -0.331. The highest BCUT2D eigenvalue weighted by Gasteiger charge is 2.24. The van der Waals surface area contributed by atoms with Crippen molar-refractivity contribution in [2.24, 2.45) is 0 Å². The molecule has 7 nitrogen and oxygen atoms in total. The SMILES string of the molecule is Cc1cc2oc(=O)cc(CN3CCN(C(=O)c4ccc5c(c4)OCO5)CC3)c2cc1C. The van der Waals surface area contributed by atoms with Gasteiger partial charge in [-0.25, -0.2) is 4.79 Å². The molecule has 0 aliphatic carbocycles. The maximum absolute atomic E-state index is 12.9. The molecule has 5 rings (SSSR count). The lowest BCUT2D eigenvalue weighted by molar-refractivity contribution is 0.0628. The summed E-state index contributed by atoms with van der Waals surface area (Å²) in [6.07, 6.45) is 0. The lowest BCUT2D eigenvalue weighted by Crippen LogP contribution is -2.48. The van der Waals surface area contributed by atoms with Crippen LogP contribution in [-0.4, -0.2) is 48.7 Å². The summed E-state index contributed by atoms with van der Waals surface area (Å²) in [4.78, 5) is 29.1. The van der Waals surface area contributed by atoms with E-state index in [9.17, 15) is 9.59 Å². The number of ether oxygens (including phenoxy) is 2. The number of hydrogen-bond donors (Lipinski definition) is 0. The van der Waals surface area contributed by atoms with Crippen LogP contribution in [0, 0.1) is 13.8 Å². The fraction of sp³-hybridized carbons (Fsp3) is 0.333. The second-order valence-corrected chi connectivity index (χ2v) is 8.16. The number of nitrogens with zero attached hydrogens (tertiary/aromatic N) is 2. The molecule has 0 radical (unpaired) electrons. The number of hydrogen-bond acceptors (Lipinski definition) is 6. The van der Waals surface area contributed by atoms with Gasteiger partial charge in [-0.2, -0.15) is 0 Å². The summed E-state index contributed by atoms with van der Waals surface area (Å²) in [6.45, 7) is 7.65. The highest BCUT2D eigenvalue weighted by Crippen LogP contribution is 2.33. The van der Waals surface area contributed by atoms with Crippen molar-refractivity contribution < 1.29 is 18.7 Å². The third-order valence-electron chi connectivity index (χ3n) is 6.12. The first kappa shape index (κ1) is 19.6. The van der Waals surface area contributed by atoms with Crippen molar-refractivity contribution in [2.45, 2.75) is 20.4 Å². The molecule has 160 valence electrons. The Morgan fingerprint density at radius 1 is 0.935 bits per heavy atom. The van der Waals surface area contributed by atoms with Gasteiger partial charge in [-0.1, -0.05) is 0 Å². The average molecular weight is 420 g/mol. The van der Waals surface area contributed by atoms with E-state index in [4.69, 9.17) is 13.9 Å². The number of carbonyl (C=O) groups excluding carboxylic acids is 1. The van der Waals surface area contributed by atoms with Gasteiger partial charge in [-0.15, -0.1) is 0 Å². The van der Waals surface area contributed by atoms with Crippen molar-refractivity contribution in [1.29, 1.82) is 0 Å². The van der Waals surface area contributed by atoms with Crippen LogP contribution in [0.5, 0.6) is 11.5 Å². The first-order valence-corrected chi connectivity index (χ1v) is 10.4. The molecular weight excluding hydrogens is 396 g/mol. The van der Waals surface area contributed by atoms with E-state index < -0.39 is 0 Å². The van der Waals surface area contributed by atoms with Gasteiger partial charge in [0.15, 0.2) is 11.5 Å². The summed E-state index contributed by atoms with van der Waals surface area (Å²) in [7, 11) is 0. The molecule has 2 aliphatic rings. The molecule has 1 aromatic heterocycles. The van der Waals surface area contributed by atoms with E-state index >= 15 is 0 Å². The van der Waals surface area contributed by atoms with Crippen molar-refractivity contribution in [3.8, 4) is 11.5 Å². The molecule has 7 heteroatoms. The predicted octanol–water partition coefficient (Wildman–Crippen LogP) is 3.10. The van der Waals surface area contributed by atoms with Gasteiger partial charge >= 0.3 is 5.63 Å². The van der Waals surface area contributed by atoms with E-state index in [1.165, 1.54) is 5.56 Å². The van der Waals surface area contributed by atoms with Crippen molar-refractivity contribution in [1.82, 2.24) is 9.80 Å². The maximum atomic E-state index is 12.9. The Morgan fingerprint density at radius 2 is 1.68 bits per heavy atom. The van der Waals surface area contributed by atoms with Crippen LogP contribution in [0.25, 0.3) is 11.0 Å². The normalized spacial score (nSPS) is 16.1. The molecule has 2 aliphatic heterocycles. The third-order valence-corrected chi connectivity index (χ3v) is 6.12. The summed E-state index contributed by atoms with van der Waals surface area (Å²) >= 11 is 0. The number of fused-ring (bicyclic) bond motifs is 2. The van der Waals surface area contributed by atoms with Crippen LogP contribution in [0.2, 0.25) is 0 Å². The summed E-state index contributed by atoms with van der Waals surface area (Å²) in [5, 5.41) is 0.974. The smallest absolute Gasteiger partial charge is 0.336 e. The summed E-state index contributed by atoms with van der Waals surface area (Å²) in [5.74, 6) is 1.28. The zero-order valence-corrected chi connectivity index (χ0v) is 17.6. The average Bonchev–Trinajstić information content (AvgIpc) is 3.23. The number of carbonyl (C=O) groups is 1. The van der Waals surface area contributed by atoms with Crippen LogP contribution in [-0.2, 0) is 6.54 Å². The number of benzene rings is 2. The molecular formula is C24H24N2O5. The van der Waals surface area contributed by atoms with Gasteiger partial charge in [0.25, 0.3) is 5.91 Å². The quantitative estimate of drug-likeness (QED) is 0.607. The van der Waals surface area contributed by atoms with Crippen LogP contribution in [0.15, 0.2) is 45.6 Å². The largest absolute Gasteiger partial charge is 0.454 e. The van der Waals surface area contributed by atoms with Gasteiger partial charge in [-0.05, 0) is 60.9 Å². The Kier molecular flexibility index (Phi) is 4.90. The van der Waals surface area contributed by atoms with E-state index in [1.54, 1.807) is 24.3 Å². The topological polar surface area (TPSA) is 72.2 Å². The van der Waals surface area contributed by atoms with Crippen LogP contribution in [0.4, 0.5) is 0 Å². The lowest BCUT2D eigenvalue weighted by Gasteiger charge is -2.35. The predicted molar refractivity (Wildman–Crippen MR) is 116 cm³/mol. The zero-order valence-electron chi connectivity index (χ0n) is 17.6. The first-order valence-electron chi connectivity index (χ1n) is 10.4. The molecule has 3 heterocycles. The van der Waals surface area contributed by atoms with Crippen molar-refractivity contribution in [2.75, 3.05) is 33.0 Å². The molecule has 0 bridgehead atoms. The summed E-state index contributed by atoms with van der Waals surface area (Å²) in [6, 6.07) is 10.9. The van der Waals surface area contributed by atoms with Crippen molar-refractivity contribution in [3.05, 3.63) is 69.1 Å². The molecule has 0 saturated carbocycles. The standard InChI is InChI=1S/C24H24N2O5/c1-15-9-19-18(12-23(27)31-21(19)10-16(15)2)13-25-5-7-26(8-6-25)24(28)17-3-4-20-22(11-17)30-14-29-20/h3-4,9-12H,5-8,13-14H2,1-2H3. The van der Waals surface area contributed by atoms with Crippen molar-refractivity contribution in [3.63, 3.8) is 0 Å². The number of amides is 1. The molecule has 0 unspecified atom stereocenters. The third kappa shape index (κ3) is 3.77. The molecule has 3 aromatic rings.